The van der Waals surface area contributed by atoms with Crippen LogP contribution in [-0.2, 0) is 9.59 Å². The smallest absolute Gasteiger partial charge is 0.229 e. The molecule has 2 aromatic rings. The Labute approximate surface area is 151 Å². The van der Waals surface area contributed by atoms with Gasteiger partial charge in [0.1, 0.15) is 5.75 Å². The average molecular weight is 359 g/mol. The van der Waals surface area contributed by atoms with E-state index >= 15 is 0 Å². The number of methoxy groups -OCH3 is 1. The van der Waals surface area contributed by atoms with E-state index in [1.807, 2.05) is 25.1 Å². The fraction of sp³-hybridized carbons (Fsp3) is 0.263. The van der Waals surface area contributed by atoms with Crippen molar-refractivity contribution in [2.75, 3.05) is 23.9 Å². The fourth-order valence-corrected chi connectivity index (χ4v) is 3.13. The average Bonchev–Trinajstić information content (AvgIpc) is 2.96. The van der Waals surface area contributed by atoms with Gasteiger partial charge in [-0.2, -0.15) is 0 Å². The maximum absolute atomic E-state index is 12.5. The maximum atomic E-state index is 12.5. The quantitative estimate of drug-likeness (QED) is 0.907. The second kappa shape index (κ2) is 7.15. The molecule has 0 bridgehead atoms. The summed E-state index contributed by atoms with van der Waals surface area (Å²) in [6.07, 6.45) is 0.170. The van der Waals surface area contributed by atoms with Gasteiger partial charge in [-0.1, -0.05) is 23.7 Å². The van der Waals surface area contributed by atoms with Crippen molar-refractivity contribution in [2.24, 2.45) is 5.92 Å². The molecular formula is C19H19ClN2O3. The molecule has 25 heavy (non-hydrogen) atoms. The Bertz CT molecular complexity index is 822. The van der Waals surface area contributed by atoms with Crippen molar-refractivity contribution in [3.05, 3.63) is 53.1 Å². The first kappa shape index (κ1) is 17.3. The Morgan fingerprint density at radius 3 is 2.80 bits per heavy atom. The first-order chi connectivity index (χ1) is 12.0. The van der Waals surface area contributed by atoms with Crippen LogP contribution in [0, 0.1) is 12.8 Å². The highest BCUT2D eigenvalue weighted by atomic mass is 35.5. The molecule has 2 aromatic carbocycles. The number of anilines is 2. The van der Waals surface area contributed by atoms with Gasteiger partial charge in [0.25, 0.3) is 0 Å². The summed E-state index contributed by atoms with van der Waals surface area (Å²) in [5, 5.41) is 3.37. The molecule has 0 radical (unpaired) electrons. The molecule has 2 amide bonds. The van der Waals surface area contributed by atoms with E-state index in [9.17, 15) is 9.59 Å². The van der Waals surface area contributed by atoms with Gasteiger partial charge in [-0.15, -0.1) is 0 Å². The van der Waals surface area contributed by atoms with Gasteiger partial charge in [-0.25, -0.2) is 0 Å². The van der Waals surface area contributed by atoms with Crippen molar-refractivity contribution in [3.63, 3.8) is 0 Å². The molecule has 0 aromatic heterocycles. The highest BCUT2D eigenvalue weighted by Crippen LogP contribution is 2.34. The first-order valence-electron chi connectivity index (χ1n) is 7.99. The highest BCUT2D eigenvalue weighted by Gasteiger charge is 2.36. The summed E-state index contributed by atoms with van der Waals surface area (Å²) in [5.41, 5.74) is 2.34. The van der Waals surface area contributed by atoms with Gasteiger partial charge in [-0.05, 0) is 42.8 Å². The van der Waals surface area contributed by atoms with E-state index < -0.39 is 5.92 Å². The molecule has 1 aliphatic heterocycles. The van der Waals surface area contributed by atoms with Crippen LogP contribution in [0.25, 0.3) is 0 Å². The number of aryl methyl sites for hydroxylation is 1. The van der Waals surface area contributed by atoms with Gasteiger partial charge >= 0.3 is 0 Å². The third-order valence-electron chi connectivity index (χ3n) is 4.21. The van der Waals surface area contributed by atoms with Gasteiger partial charge in [0.2, 0.25) is 11.8 Å². The molecule has 6 heteroatoms. The normalized spacial score (nSPS) is 16.8. The second-order valence-electron chi connectivity index (χ2n) is 6.08. The lowest BCUT2D eigenvalue weighted by molar-refractivity contribution is -0.122. The Hall–Kier alpha value is -2.53. The molecule has 1 aliphatic rings. The Morgan fingerprint density at radius 2 is 2.08 bits per heavy atom. The number of benzene rings is 2. The number of hydrogen-bond donors (Lipinski definition) is 1. The van der Waals surface area contributed by atoms with Crippen LogP contribution >= 0.6 is 11.6 Å². The van der Waals surface area contributed by atoms with Crippen LogP contribution in [-0.4, -0.2) is 25.5 Å². The van der Waals surface area contributed by atoms with Crippen LogP contribution < -0.4 is 15.0 Å². The molecule has 1 atom stereocenters. The van der Waals surface area contributed by atoms with E-state index in [-0.39, 0.29) is 18.2 Å². The van der Waals surface area contributed by atoms with E-state index in [2.05, 4.69) is 5.32 Å². The summed E-state index contributed by atoms with van der Waals surface area (Å²) in [4.78, 5) is 26.6. The van der Waals surface area contributed by atoms with E-state index in [0.29, 0.717) is 28.7 Å². The summed E-state index contributed by atoms with van der Waals surface area (Å²) in [6.45, 7) is 2.28. The molecule has 0 spiro atoms. The molecule has 0 aliphatic carbocycles. The number of nitrogens with one attached hydrogen (secondary N) is 1. The lowest BCUT2D eigenvalue weighted by atomic mass is 10.1. The zero-order chi connectivity index (χ0) is 18.0. The molecule has 5 nitrogen and oxygen atoms in total. The molecule has 1 N–H and O–H groups in total. The third kappa shape index (κ3) is 3.77. The monoisotopic (exact) mass is 358 g/mol. The minimum absolute atomic E-state index is 0.0878. The van der Waals surface area contributed by atoms with Crippen molar-refractivity contribution in [2.45, 2.75) is 13.3 Å². The third-order valence-corrected chi connectivity index (χ3v) is 4.45. The summed E-state index contributed by atoms with van der Waals surface area (Å²) in [7, 11) is 1.57. The lowest BCUT2D eigenvalue weighted by Crippen LogP contribution is -2.28. The minimum atomic E-state index is -0.420. The summed E-state index contributed by atoms with van der Waals surface area (Å²) in [6, 6.07) is 12.6. The highest BCUT2D eigenvalue weighted by molar-refractivity contribution is 6.30. The van der Waals surface area contributed by atoms with Crippen LogP contribution in [0.15, 0.2) is 42.5 Å². The fourth-order valence-electron chi connectivity index (χ4n) is 2.94. The standard InChI is InChI=1S/C19H19ClN2O3/c1-12-6-7-17(25-2)16(8-12)22-11-13(9-18(22)23)19(24)21-15-5-3-4-14(20)10-15/h3-8,10,13H,9,11H2,1-2H3,(H,21,24)/t13-/m0/s1. The molecule has 1 saturated heterocycles. The largest absolute Gasteiger partial charge is 0.495 e. The number of nitrogens with zero attached hydrogens (tertiary/aromatic N) is 1. The van der Waals surface area contributed by atoms with Gasteiger partial charge in [-0.3, -0.25) is 9.59 Å². The number of rotatable bonds is 4. The maximum Gasteiger partial charge on any atom is 0.229 e. The number of amides is 2. The number of ether oxygens (including phenoxy) is 1. The Balaban J connectivity index is 1.76. The van der Waals surface area contributed by atoms with Crippen LogP contribution in [0.2, 0.25) is 5.02 Å². The zero-order valence-corrected chi connectivity index (χ0v) is 14.8. The van der Waals surface area contributed by atoms with Gasteiger partial charge < -0.3 is 15.0 Å². The van der Waals surface area contributed by atoms with Crippen molar-refractivity contribution in [1.82, 2.24) is 0 Å². The summed E-state index contributed by atoms with van der Waals surface area (Å²) >= 11 is 5.94. The van der Waals surface area contributed by atoms with Crippen molar-refractivity contribution in [3.8, 4) is 5.75 Å². The molecule has 0 unspecified atom stereocenters. The predicted molar refractivity (Wildman–Crippen MR) is 98.3 cm³/mol. The second-order valence-corrected chi connectivity index (χ2v) is 6.52. The van der Waals surface area contributed by atoms with Crippen LogP contribution in [0.1, 0.15) is 12.0 Å². The topological polar surface area (TPSA) is 58.6 Å². The SMILES string of the molecule is COc1ccc(C)cc1N1C[C@@H](C(=O)Nc2cccc(Cl)c2)CC1=O. The first-order valence-corrected chi connectivity index (χ1v) is 8.37. The van der Waals surface area contributed by atoms with Gasteiger partial charge in [0.05, 0.1) is 18.7 Å². The Kier molecular flexibility index (Phi) is 4.95. The minimum Gasteiger partial charge on any atom is -0.495 e. The predicted octanol–water partition coefficient (Wildman–Crippen LogP) is 3.65. The van der Waals surface area contributed by atoms with Crippen molar-refractivity contribution >= 4 is 34.8 Å². The number of halogens is 1. The van der Waals surface area contributed by atoms with E-state index in [0.717, 1.165) is 5.56 Å². The lowest BCUT2D eigenvalue weighted by Gasteiger charge is -2.20. The number of carbonyl (C=O) groups is 2. The molecule has 130 valence electrons. The van der Waals surface area contributed by atoms with Crippen molar-refractivity contribution in [1.29, 1.82) is 0 Å². The van der Waals surface area contributed by atoms with Crippen LogP contribution in [0.4, 0.5) is 11.4 Å². The van der Waals surface area contributed by atoms with E-state index in [1.165, 1.54) is 0 Å². The summed E-state index contributed by atoms with van der Waals surface area (Å²) < 4.78 is 5.36. The molecule has 0 saturated carbocycles. The number of carbonyl (C=O) groups excluding carboxylic acids is 2. The molecule has 1 fully saturated rings. The van der Waals surface area contributed by atoms with Crippen molar-refractivity contribution < 1.29 is 14.3 Å². The van der Waals surface area contributed by atoms with Gasteiger partial charge in [0, 0.05) is 23.7 Å². The molecular weight excluding hydrogens is 340 g/mol. The molecule has 1 heterocycles. The van der Waals surface area contributed by atoms with E-state index in [4.69, 9.17) is 16.3 Å². The van der Waals surface area contributed by atoms with Crippen LogP contribution in [0.5, 0.6) is 5.75 Å². The Morgan fingerprint density at radius 1 is 1.28 bits per heavy atom. The molecule has 3 rings (SSSR count). The number of hydrogen-bond acceptors (Lipinski definition) is 3. The van der Waals surface area contributed by atoms with Gasteiger partial charge in [0.15, 0.2) is 0 Å². The summed E-state index contributed by atoms with van der Waals surface area (Å²) in [5.74, 6) is -0.0774. The zero-order valence-electron chi connectivity index (χ0n) is 14.1. The van der Waals surface area contributed by atoms with Crippen LogP contribution in [0.3, 0.4) is 0 Å². The van der Waals surface area contributed by atoms with E-state index in [1.54, 1.807) is 36.3 Å².